The van der Waals surface area contributed by atoms with Crippen molar-refractivity contribution in [2.75, 3.05) is 36.5 Å². The van der Waals surface area contributed by atoms with Gasteiger partial charge in [0.15, 0.2) is 0 Å². The summed E-state index contributed by atoms with van der Waals surface area (Å²) >= 11 is 0. The first kappa shape index (κ1) is 15.8. The third-order valence-corrected chi connectivity index (χ3v) is 4.32. The maximum absolute atomic E-state index is 11.9. The van der Waals surface area contributed by atoms with E-state index in [1.54, 1.807) is 0 Å². The van der Waals surface area contributed by atoms with Crippen LogP contribution < -0.4 is 15.5 Å². The van der Waals surface area contributed by atoms with E-state index in [-0.39, 0.29) is 6.10 Å². The van der Waals surface area contributed by atoms with Crippen LogP contribution in [0.3, 0.4) is 0 Å². The summed E-state index contributed by atoms with van der Waals surface area (Å²) in [5.74, 6) is -1.26. The van der Waals surface area contributed by atoms with Gasteiger partial charge in [0, 0.05) is 37.6 Å². The van der Waals surface area contributed by atoms with E-state index in [0.717, 1.165) is 38.2 Å². The molecule has 3 rings (SSSR count). The van der Waals surface area contributed by atoms with Crippen molar-refractivity contribution in [2.24, 2.45) is 0 Å². The first-order chi connectivity index (χ1) is 11.2. The van der Waals surface area contributed by atoms with E-state index in [0.29, 0.717) is 12.2 Å². The number of carbonyl (C=O) groups is 2. The molecule has 0 radical (unpaired) electrons. The second-order valence-electron chi connectivity index (χ2n) is 6.04. The standard InChI is InChI=1S/C17H23N3O3/c21-16(18-12-15-4-3-11-23-15)17(22)19-13-5-7-14(8-6-13)20-9-1-2-10-20/h5-8,15H,1-4,9-12H2,(H,18,21)(H,19,22). The van der Waals surface area contributed by atoms with Gasteiger partial charge in [0.25, 0.3) is 0 Å². The predicted molar refractivity (Wildman–Crippen MR) is 88.5 cm³/mol. The van der Waals surface area contributed by atoms with Crippen molar-refractivity contribution in [1.82, 2.24) is 5.32 Å². The summed E-state index contributed by atoms with van der Waals surface area (Å²) in [7, 11) is 0. The molecule has 1 aromatic carbocycles. The number of ether oxygens (including phenoxy) is 1. The van der Waals surface area contributed by atoms with Crippen LogP contribution in [0.25, 0.3) is 0 Å². The molecule has 1 aromatic rings. The van der Waals surface area contributed by atoms with Gasteiger partial charge in [-0.25, -0.2) is 0 Å². The highest BCUT2D eigenvalue weighted by Crippen LogP contribution is 2.22. The number of amides is 2. The summed E-state index contributed by atoms with van der Waals surface area (Å²) in [6, 6.07) is 7.62. The van der Waals surface area contributed by atoms with E-state index >= 15 is 0 Å². The molecule has 2 N–H and O–H groups in total. The number of hydrogen-bond donors (Lipinski definition) is 2. The molecule has 0 bridgehead atoms. The van der Waals surface area contributed by atoms with Crippen LogP contribution in [-0.2, 0) is 14.3 Å². The Morgan fingerprint density at radius 2 is 1.83 bits per heavy atom. The Hall–Kier alpha value is -2.08. The van der Waals surface area contributed by atoms with Crippen LogP contribution in [0.1, 0.15) is 25.7 Å². The van der Waals surface area contributed by atoms with Crippen LogP contribution in [0, 0.1) is 0 Å². The fourth-order valence-corrected chi connectivity index (χ4v) is 3.01. The Morgan fingerprint density at radius 1 is 1.09 bits per heavy atom. The SMILES string of the molecule is O=C(NCC1CCCO1)C(=O)Nc1ccc(N2CCCC2)cc1. The third kappa shape index (κ3) is 4.22. The molecule has 2 amide bonds. The molecule has 2 saturated heterocycles. The van der Waals surface area contributed by atoms with Crippen molar-refractivity contribution in [3.63, 3.8) is 0 Å². The molecular formula is C17H23N3O3. The Bertz CT molecular complexity index is 547. The molecule has 2 aliphatic rings. The van der Waals surface area contributed by atoms with Crippen LogP contribution in [0.5, 0.6) is 0 Å². The van der Waals surface area contributed by atoms with Gasteiger partial charge in [-0.1, -0.05) is 0 Å². The highest BCUT2D eigenvalue weighted by atomic mass is 16.5. The molecule has 0 aliphatic carbocycles. The molecule has 2 fully saturated rings. The van der Waals surface area contributed by atoms with Gasteiger partial charge in [-0.2, -0.15) is 0 Å². The summed E-state index contributed by atoms with van der Waals surface area (Å²) in [5, 5.41) is 5.24. The monoisotopic (exact) mass is 317 g/mol. The topological polar surface area (TPSA) is 70.7 Å². The van der Waals surface area contributed by atoms with E-state index in [1.165, 1.54) is 12.8 Å². The zero-order valence-electron chi connectivity index (χ0n) is 13.2. The molecule has 0 aromatic heterocycles. The van der Waals surface area contributed by atoms with E-state index in [2.05, 4.69) is 15.5 Å². The lowest BCUT2D eigenvalue weighted by Crippen LogP contribution is -2.39. The normalized spacial score (nSPS) is 20.5. The number of nitrogens with one attached hydrogen (secondary N) is 2. The average Bonchev–Trinajstić information content (AvgIpc) is 3.26. The maximum Gasteiger partial charge on any atom is 0.313 e. The largest absolute Gasteiger partial charge is 0.376 e. The lowest BCUT2D eigenvalue weighted by atomic mass is 10.2. The summed E-state index contributed by atoms with van der Waals surface area (Å²) in [6.07, 6.45) is 4.43. The Balaban J connectivity index is 1.47. The number of carbonyl (C=O) groups excluding carboxylic acids is 2. The number of hydrogen-bond acceptors (Lipinski definition) is 4. The second-order valence-corrected chi connectivity index (χ2v) is 6.04. The van der Waals surface area contributed by atoms with Gasteiger partial charge in [0.1, 0.15) is 0 Å². The van der Waals surface area contributed by atoms with Gasteiger partial charge in [-0.3, -0.25) is 9.59 Å². The molecule has 1 atom stereocenters. The van der Waals surface area contributed by atoms with Crippen molar-refractivity contribution < 1.29 is 14.3 Å². The number of anilines is 2. The maximum atomic E-state index is 11.9. The number of nitrogens with zero attached hydrogens (tertiary/aromatic N) is 1. The van der Waals surface area contributed by atoms with Crippen molar-refractivity contribution in [2.45, 2.75) is 31.8 Å². The molecule has 2 aliphatic heterocycles. The fourth-order valence-electron chi connectivity index (χ4n) is 3.01. The van der Waals surface area contributed by atoms with Gasteiger partial charge in [-0.05, 0) is 49.9 Å². The van der Waals surface area contributed by atoms with Crippen LogP contribution >= 0.6 is 0 Å². The lowest BCUT2D eigenvalue weighted by molar-refractivity contribution is -0.136. The van der Waals surface area contributed by atoms with E-state index in [9.17, 15) is 9.59 Å². The van der Waals surface area contributed by atoms with Gasteiger partial charge in [0.05, 0.1) is 6.10 Å². The highest BCUT2D eigenvalue weighted by molar-refractivity contribution is 6.39. The van der Waals surface area contributed by atoms with Crippen LogP contribution in [-0.4, -0.2) is 44.2 Å². The zero-order chi connectivity index (χ0) is 16.1. The van der Waals surface area contributed by atoms with Gasteiger partial charge in [-0.15, -0.1) is 0 Å². The van der Waals surface area contributed by atoms with Gasteiger partial charge >= 0.3 is 11.8 Å². The summed E-state index contributed by atoms with van der Waals surface area (Å²) in [5.41, 5.74) is 1.79. The van der Waals surface area contributed by atoms with Crippen molar-refractivity contribution >= 4 is 23.2 Å². The summed E-state index contributed by atoms with van der Waals surface area (Å²) in [6.45, 7) is 3.28. The number of benzene rings is 1. The highest BCUT2D eigenvalue weighted by Gasteiger charge is 2.19. The molecular weight excluding hydrogens is 294 g/mol. The van der Waals surface area contributed by atoms with Crippen LogP contribution in [0.15, 0.2) is 24.3 Å². The van der Waals surface area contributed by atoms with Gasteiger partial charge < -0.3 is 20.3 Å². The zero-order valence-corrected chi connectivity index (χ0v) is 13.2. The van der Waals surface area contributed by atoms with Crippen LogP contribution in [0.4, 0.5) is 11.4 Å². The summed E-state index contributed by atoms with van der Waals surface area (Å²) in [4.78, 5) is 26.0. The first-order valence-corrected chi connectivity index (χ1v) is 8.28. The second kappa shape index (κ2) is 7.46. The smallest absolute Gasteiger partial charge is 0.313 e. The van der Waals surface area contributed by atoms with Gasteiger partial charge in [0.2, 0.25) is 0 Å². The van der Waals surface area contributed by atoms with Crippen molar-refractivity contribution in [3.05, 3.63) is 24.3 Å². The molecule has 0 spiro atoms. The fraction of sp³-hybridized carbons (Fsp3) is 0.529. The minimum atomic E-state index is -0.642. The molecule has 2 heterocycles. The molecule has 124 valence electrons. The minimum absolute atomic E-state index is 0.0338. The summed E-state index contributed by atoms with van der Waals surface area (Å²) < 4.78 is 5.41. The Morgan fingerprint density at radius 3 is 2.48 bits per heavy atom. The predicted octanol–water partition coefficient (Wildman–Crippen LogP) is 1.52. The Labute approximate surface area is 136 Å². The Kier molecular flexibility index (Phi) is 5.12. The first-order valence-electron chi connectivity index (χ1n) is 8.28. The quantitative estimate of drug-likeness (QED) is 0.826. The number of rotatable bonds is 4. The minimum Gasteiger partial charge on any atom is -0.376 e. The molecule has 1 unspecified atom stereocenters. The van der Waals surface area contributed by atoms with Crippen LogP contribution in [0.2, 0.25) is 0 Å². The van der Waals surface area contributed by atoms with E-state index in [1.807, 2.05) is 24.3 Å². The van der Waals surface area contributed by atoms with Crippen molar-refractivity contribution in [3.8, 4) is 0 Å². The average molecular weight is 317 g/mol. The van der Waals surface area contributed by atoms with E-state index in [4.69, 9.17) is 4.74 Å². The molecule has 6 heteroatoms. The molecule has 6 nitrogen and oxygen atoms in total. The van der Waals surface area contributed by atoms with E-state index < -0.39 is 11.8 Å². The lowest BCUT2D eigenvalue weighted by Gasteiger charge is -2.17. The third-order valence-electron chi connectivity index (χ3n) is 4.32. The molecule has 0 saturated carbocycles. The molecule has 23 heavy (non-hydrogen) atoms. The van der Waals surface area contributed by atoms with Crippen molar-refractivity contribution in [1.29, 1.82) is 0 Å².